The van der Waals surface area contributed by atoms with Gasteiger partial charge in [-0.2, -0.15) is 0 Å². The van der Waals surface area contributed by atoms with Gasteiger partial charge in [-0.3, -0.25) is 4.79 Å². The lowest BCUT2D eigenvalue weighted by Crippen LogP contribution is -2.44. The summed E-state index contributed by atoms with van der Waals surface area (Å²) >= 11 is 0. The van der Waals surface area contributed by atoms with Crippen molar-refractivity contribution in [3.63, 3.8) is 0 Å². The predicted molar refractivity (Wildman–Crippen MR) is 108 cm³/mol. The van der Waals surface area contributed by atoms with Crippen LogP contribution in [-0.4, -0.2) is 18.1 Å². The van der Waals surface area contributed by atoms with Crippen molar-refractivity contribution in [1.29, 1.82) is 0 Å². The molecule has 27 heavy (non-hydrogen) atoms. The molecule has 1 amide bonds. The van der Waals surface area contributed by atoms with Crippen molar-refractivity contribution in [3.05, 3.63) is 59.2 Å². The van der Waals surface area contributed by atoms with E-state index in [1.165, 1.54) is 0 Å². The number of rotatable bonds is 8. The van der Waals surface area contributed by atoms with Crippen LogP contribution in [0.25, 0.3) is 0 Å². The zero-order chi connectivity index (χ0) is 19.4. The Bertz CT molecular complexity index is 776. The van der Waals surface area contributed by atoms with E-state index < -0.39 is 5.60 Å². The molecule has 1 fully saturated rings. The van der Waals surface area contributed by atoms with E-state index in [4.69, 9.17) is 9.47 Å². The molecule has 1 aliphatic carbocycles. The first kappa shape index (κ1) is 19.4. The predicted octanol–water partition coefficient (Wildman–Crippen LogP) is 5.03. The fourth-order valence-electron chi connectivity index (χ4n) is 3.54. The van der Waals surface area contributed by atoms with Crippen molar-refractivity contribution in [2.45, 2.75) is 52.7 Å². The highest BCUT2D eigenvalue weighted by molar-refractivity contribution is 5.97. The van der Waals surface area contributed by atoms with E-state index in [2.05, 4.69) is 5.32 Å². The van der Waals surface area contributed by atoms with Crippen molar-refractivity contribution < 1.29 is 14.3 Å². The average molecular weight is 367 g/mol. The van der Waals surface area contributed by atoms with Crippen molar-refractivity contribution in [1.82, 2.24) is 0 Å². The van der Waals surface area contributed by atoms with Gasteiger partial charge in [-0.25, -0.2) is 0 Å². The number of anilines is 1. The van der Waals surface area contributed by atoms with Crippen LogP contribution in [-0.2, 0) is 16.1 Å². The molecular formula is C23H29NO3. The zero-order valence-corrected chi connectivity index (χ0v) is 16.7. The highest BCUT2D eigenvalue weighted by atomic mass is 16.5. The highest BCUT2D eigenvalue weighted by Crippen LogP contribution is 2.42. The number of carbonyl (C=O) groups excluding carboxylic acids is 1. The maximum Gasteiger partial charge on any atom is 0.256 e. The second-order valence-corrected chi connectivity index (χ2v) is 7.48. The third kappa shape index (κ3) is 4.51. The summed E-state index contributed by atoms with van der Waals surface area (Å²) in [5.74, 6) is 1.11. The summed E-state index contributed by atoms with van der Waals surface area (Å²) in [6.07, 6.45) is 2.10. The molecule has 4 nitrogen and oxygen atoms in total. The van der Waals surface area contributed by atoms with Crippen molar-refractivity contribution in [2.75, 3.05) is 11.9 Å². The maximum absolute atomic E-state index is 12.9. The van der Waals surface area contributed by atoms with E-state index in [-0.39, 0.29) is 5.91 Å². The van der Waals surface area contributed by atoms with E-state index in [9.17, 15) is 4.79 Å². The Morgan fingerprint density at radius 1 is 1.15 bits per heavy atom. The topological polar surface area (TPSA) is 47.6 Å². The van der Waals surface area contributed by atoms with Gasteiger partial charge in [-0.05, 0) is 75.3 Å². The summed E-state index contributed by atoms with van der Waals surface area (Å²) in [6.45, 7) is 8.90. The number of ether oxygens (including phenoxy) is 2. The fourth-order valence-corrected chi connectivity index (χ4v) is 3.54. The molecule has 1 aliphatic rings. The molecule has 4 heteroatoms. The van der Waals surface area contributed by atoms with E-state index in [0.717, 1.165) is 41.0 Å². The van der Waals surface area contributed by atoms with E-state index in [0.29, 0.717) is 19.1 Å². The van der Waals surface area contributed by atoms with E-state index >= 15 is 0 Å². The number of hydrogen-bond acceptors (Lipinski definition) is 3. The maximum atomic E-state index is 12.9. The standard InChI is InChI=1S/C23H29NO3/c1-5-27-23(4,19-11-12-19)22(25)24-20-13-16(2)21(17(3)14-20)26-15-18-9-7-6-8-10-18/h6-10,13-14,19H,5,11-12,15H2,1-4H3,(H,24,25)/t23-/m0/s1. The van der Waals surface area contributed by atoms with Crippen LogP contribution in [0, 0.1) is 19.8 Å². The third-order valence-electron chi connectivity index (χ3n) is 5.20. The molecular weight excluding hydrogens is 338 g/mol. The molecule has 0 bridgehead atoms. The molecule has 0 heterocycles. The number of aryl methyl sites for hydroxylation is 2. The van der Waals surface area contributed by atoms with Crippen LogP contribution in [0.2, 0.25) is 0 Å². The van der Waals surface area contributed by atoms with Gasteiger partial charge in [0.05, 0.1) is 0 Å². The molecule has 1 atom stereocenters. The molecule has 1 N–H and O–H groups in total. The van der Waals surface area contributed by atoms with Crippen molar-refractivity contribution in [3.8, 4) is 5.75 Å². The number of hydrogen-bond donors (Lipinski definition) is 1. The first-order valence-electron chi connectivity index (χ1n) is 9.67. The van der Waals surface area contributed by atoms with Crippen LogP contribution >= 0.6 is 0 Å². The highest BCUT2D eigenvalue weighted by Gasteiger charge is 2.48. The molecule has 2 aromatic carbocycles. The summed E-state index contributed by atoms with van der Waals surface area (Å²) in [6, 6.07) is 14.0. The molecule has 3 rings (SSSR count). The number of nitrogens with one attached hydrogen (secondary N) is 1. The van der Waals surface area contributed by atoms with Crippen LogP contribution in [0.1, 0.15) is 43.4 Å². The van der Waals surface area contributed by atoms with Crippen molar-refractivity contribution >= 4 is 11.6 Å². The van der Waals surface area contributed by atoms with Crippen LogP contribution in [0.3, 0.4) is 0 Å². The zero-order valence-electron chi connectivity index (χ0n) is 16.7. The Labute approximate surface area is 161 Å². The minimum Gasteiger partial charge on any atom is -0.488 e. The lowest BCUT2D eigenvalue weighted by atomic mass is 9.98. The van der Waals surface area contributed by atoms with Gasteiger partial charge >= 0.3 is 0 Å². The quantitative estimate of drug-likeness (QED) is 0.712. The molecule has 0 saturated heterocycles. The Balaban J connectivity index is 1.71. The molecule has 0 radical (unpaired) electrons. The molecule has 144 valence electrons. The second kappa shape index (κ2) is 8.13. The van der Waals surface area contributed by atoms with Gasteiger partial charge in [0.25, 0.3) is 5.91 Å². The third-order valence-corrected chi connectivity index (χ3v) is 5.20. The number of amides is 1. The molecule has 0 unspecified atom stereocenters. The number of carbonyl (C=O) groups is 1. The van der Waals surface area contributed by atoms with E-state index in [1.54, 1.807) is 0 Å². The van der Waals surface area contributed by atoms with Crippen LogP contribution in [0.4, 0.5) is 5.69 Å². The fraction of sp³-hybridized carbons (Fsp3) is 0.435. The lowest BCUT2D eigenvalue weighted by molar-refractivity contribution is -0.141. The van der Waals surface area contributed by atoms with Crippen LogP contribution in [0.15, 0.2) is 42.5 Å². The number of benzene rings is 2. The molecule has 0 aromatic heterocycles. The van der Waals surface area contributed by atoms with Crippen LogP contribution in [0.5, 0.6) is 5.75 Å². The largest absolute Gasteiger partial charge is 0.488 e. The smallest absolute Gasteiger partial charge is 0.256 e. The summed E-state index contributed by atoms with van der Waals surface area (Å²) in [4.78, 5) is 12.9. The summed E-state index contributed by atoms with van der Waals surface area (Å²) < 4.78 is 11.9. The SMILES string of the molecule is CCO[C@](C)(C(=O)Nc1cc(C)c(OCc2ccccc2)c(C)c1)C1CC1. The average Bonchev–Trinajstić information content (AvgIpc) is 3.47. The molecule has 0 spiro atoms. The van der Waals surface area contributed by atoms with Gasteiger partial charge in [0.15, 0.2) is 0 Å². The normalized spacial score (nSPS) is 15.9. The Morgan fingerprint density at radius 3 is 2.33 bits per heavy atom. The van der Waals surface area contributed by atoms with Gasteiger partial charge < -0.3 is 14.8 Å². The Hall–Kier alpha value is -2.33. The lowest BCUT2D eigenvalue weighted by Gasteiger charge is -2.28. The molecule has 1 saturated carbocycles. The Morgan fingerprint density at radius 2 is 1.78 bits per heavy atom. The summed E-state index contributed by atoms with van der Waals surface area (Å²) in [5.41, 5.74) is 3.18. The first-order chi connectivity index (χ1) is 12.9. The first-order valence-corrected chi connectivity index (χ1v) is 9.67. The summed E-state index contributed by atoms with van der Waals surface area (Å²) in [5, 5.41) is 3.05. The van der Waals surface area contributed by atoms with Gasteiger partial charge in [-0.15, -0.1) is 0 Å². The van der Waals surface area contributed by atoms with Crippen LogP contribution < -0.4 is 10.1 Å². The Kier molecular flexibility index (Phi) is 5.85. The van der Waals surface area contributed by atoms with E-state index in [1.807, 2.05) is 70.2 Å². The van der Waals surface area contributed by atoms with Gasteiger partial charge in [0, 0.05) is 12.3 Å². The molecule has 0 aliphatic heterocycles. The molecule has 2 aromatic rings. The van der Waals surface area contributed by atoms with Crippen molar-refractivity contribution in [2.24, 2.45) is 5.92 Å². The van der Waals surface area contributed by atoms with Gasteiger partial charge in [-0.1, -0.05) is 30.3 Å². The minimum absolute atomic E-state index is 0.0661. The minimum atomic E-state index is -0.751. The van der Waals surface area contributed by atoms with Gasteiger partial charge in [0.1, 0.15) is 18.0 Å². The summed E-state index contributed by atoms with van der Waals surface area (Å²) in [7, 11) is 0. The monoisotopic (exact) mass is 367 g/mol. The van der Waals surface area contributed by atoms with Gasteiger partial charge in [0.2, 0.25) is 0 Å². The second-order valence-electron chi connectivity index (χ2n) is 7.48.